The van der Waals surface area contributed by atoms with Crippen LogP contribution in [0.15, 0.2) is 54.6 Å². The summed E-state index contributed by atoms with van der Waals surface area (Å²) < 4.78 is 23.8. The average molecular weight is 546 g/mol. The summed E-state index contributed by atoms with van der Waals surface area (Å²) in [6, 6.07) is 17.1. The van der Waals surface area contributed by atoms with Crippen molar-refractivity contribution >= 4 is 28.9 Å². The second kappa shape index (κ2) is 9.64. The van der Waals surface area contributed by atoms with Gasteiger partial charge in [-0.2, -0.15) is 0 Å². The van der Waals surface area contributed by atoms with E-state index in [0.717, 1.165) is 27.9 Å². The monoisotopic (exact) mass is 545 g/mol. The van der Waals surface area contributed by atoms with Crippen LogP contribution >= 0.6 is 12.2 Å². The lowest BCUT2D eigenvalue weighted by Gasteiger charge is -2.56. The molecule has 202 valence electrons. The fourth-order valence-corrected chi connectivity index (χ4v) is 6.09. The van der Waals surface area contributed by atoms with E-state index in [1.54, 1.807) is 0 Å². The molecule has 3 aromatic rings. The quantitative estimate of drug-likeness (QED) is 0.408. The van der Waals surface area contributed by atoms with Crippen LogP contribution in [-0.2, 0) is 11.3 Å². The van der Waals surface area contributed by atoms with Gasteiger partial charge >= 0.3 is 0 Å². The normalized spacial score (nSPS) is 22.5. The third kappa shape index (κ3) is 4.30. The lowest BCUT2D eigenvalue weighted by Crippen LogP contribution is -2.71. The molecule has 1 saturated heterocycles. The number of fused-ring (bicyclic) bond motifs is 5. The number of carbonyl (C=O) groups excluding carboxylic acids is 1. The molecule has 2 N–H and O–H groups in total. The first kappa shape index (κ1) is 25.3. The Morgan fingerprint density at radius 2 is 1.97 bits per heavy atom. The van der Waals surface area contributed by atoms with Gasteiger partial charge in [-0.25, -0.2) is 0 Å². The summed E-state index contributed by atoms with van der Waals surface area (Å²) in [6.07, 6.45) is 0. The van der Waals surface area contributed by atoms with Crippen molar-refractivity contribution in [3.8, 4) is 23.0 Å². The van der Waals surface area contributed by atoms with E-state index in [2.05, 4.69) is 16.7 Å². The first-order valence-electron chi connectivity index (χ1n) is 13.1. The Morgan fingerprint density at radius 3 is 2.77 bits per heavy atom. The summed E-state index contributed by atoms with van der Waals surface area (Å²) in [5.41, 5.74) is 3.57. The maximum absolute atomic E-state index is 14.1. The first-order chi connectivity index (χ1) is 18.8. The van der Waals surface area contributed by atoms with E-state index in [1.165, 1.54) is 0 Å². The van der Waals surface area contributed by atoms with Gasteiger partial charge in [-0.1, -0.05) is 35.9 Å². The lowest BCUT2D eigenvalue weighted by atomic mass is 9.78. The summed E-state index contributed by atoms with van der Waals surface area (Å²) in [5, 5.41) is 7.14. The van der Waals surface area contributed by atoms with Gasteiger partial charge in [0.1, 0.15) is 5.92 Å². The van der Waals surface area contributed by atoms with Crippen molar-refractivity contribution in [2.45, 2.75) is 46.0 Å². The van der Waals surface area contributed by atoms with Crippen molar-refractivity contribution in [2.75, 3.05) is 18.7 Å². The van der Waals surface area contributed by atoms with Gasteiger partial charge in [-0.15, -0.1) is 0 Å². The summed E-state index contributed by atoms with van der Waals surface area (Å²) in [5.74, 6) is 1.85. The van der Waals surface area contributed by atoms with E-state index < -0.39 is 17.7 Å². The number of nitrogens with one attached hydrogen (secondary N) is 2. The van der Waals surface area contributed by atoms with Gasteiger partial charge in [-0.05, 0) is 75.3 Å². The van der Waals surface area contributed by atoms with E-state index in [1.807, 2.05) is 81.1 Å². The van der Waals surface area contributed by atoms with Crippen LogP contribution in [0.25, 0.3) is 0 Å². The fourth-order valence-electron chi connectivity index (χ4n) is 5.72. The number of hydrogen-bond acceptors (Lipinski definition) is 6. The first-order valence-corrected chi connectivity index (χ1v) is 13.5. The van der Waals surface area contributed by atoms with Crippen LogP contribution < -0.4 is 29.6 Å². The Morgan fingerprint density at radius 1 is 1.15 bits per heavy atom. The van der Waals surface area contributed by atoms with E-state index in [0.29, 0.717) is 41.3 Å². The molecule has 6 rings (SSSR count). The Hall–Kier alpha value is -3.98. The van der Waals surface area contributed by atoms with Gasteiger partial charge in [0, 0.05) is 17.8 Å². The molecule has 3 aliphatic rings. The van der Waals surface area contributed by atoms with E-state index in [9.17, 15) is 4.79 Å². The molecule has 0 spiro atoms. The highest BCUT2D eigenvalue weighted by Gasteiger charge is 2.59. The highest BCUT2D eigenvalue weighted by Crippen LogP contribution is 2.52. The number of anilines is 1. The number of para-hydroxylation sites is 1. The molecule has 1 amide bonds. The highest BCUT2D eigenvalue weighted by molar-refractivity contribution is 7.80. The van der Waals surface area contributed by atoms with E-state index >= 15 is 0 Å². The molecule has 3 atom stereocenters. The summed E-state index contributed by atoms with van der Waals surface area (Å²) in [4.78, 5) is 16.1. The Labute approximate surface area is 233 Å². The highest BCUT2D eigenvalue weighted by atomic mass is 32.1. The van der Waals surface area contributed by atoms with Crippen LogP contribution in [0.2, 0.25) is 0 Å². The van der Waals surface area contributed by atoms with Crippen molar-refractivity contribution in [1.29, 1.82) is 0 Å². The molecule has 0 aliphatic carbocycles. The minimum Gasteiger partial charge on any atom is -0.490 e. The summed E-state index contributed by atoms with van der Waals surface area (Å²) in [6.45, 7) is 8.97. The third-order valence-electron chi connectivity index (χ3n) is 7.62. The van der Waals surface area contributed by atoms with Gasteiger partial charge in [0.05, 0.1) is 12.6 Å². The molecular weight excluding hydrogens is 514 g/mol. The number of carbonyl (C=O) groups is 1. The smallest absolute Gasteiger partial charge is 0.236 e. The van der Waals surface area contributed by atoms with Gasteiger partial charge in [0.15, 0.2) is 33.8 Å². The van der Waals surface area contributed by atoms with Crippen molar-refractivity contribution in [2.24, 2.45) is 5.92 Å². The predicted octanol–water partition coefficient (Wildman–Crippen LogP) is 5.23. The van der Waals surface area contributed by atoms with Gasteiger partial charge in [0.2, 0.25) is 12.7 Å². The number of amides is 1. The maximum Gasteiger partial charge on any atom is 0.236 e. The largest absolute Gasteiger partial charge is 0.490 e. The Kier molecular flexibility index (Phi) is 6.26. The second-order valence-corrected chi connectivity index (χ2v) is 10.6. The third-order valence-corrected chi connectivity index (χ3v) is 7.96. The van der Waals surface area contributed by atoms with Crippen LogP contribution in [0.3, 0.4) is 0 Å². The molecule has 0 saturated carbocycles. The topological polar surface area (TPSA) is 81.3 Å². The summed E-state index contributed by atoms with van der Waals surface area (Å²) in [7, 11) is 0. The number of hydrogen-bond donors (Lipinski definition) is 2. The number of benzene rings is 3. The number of aryl methyl sites for hydroxylation is 2. The van der Waals surface area contributed by atoms with Crippen LogP contribution in [0.4, 0.5) is 5.69 Å². The molecule has 2 bridgehead atoms. The summed E-state index contributed by atoms with van der Waals surface area (Å²) >= 11 is 5.89. The standard InChI is InChI=1S/C30H31N3O5S/c1-5-35-23-8-6-7-20-26-25(28(34)31-21-11-9-17(2)13-18(21)3)30(4,38-27(20)23)33(29(39)32-26)15-19-10-12-22-24(14-19)37-16-36-22/h6-14,25-26H,5,15-16H2,1-4H3,(H,31,34)(H,32,39)/t25-,26-,30+/m1/s1. The Bertz CT molecular complexity index is 1480. The predicted molar refractivity (Wildman–Crippen MR) is 151 cm³/mol. The SMILES string of the molecule is CCOc1cccc2c1O[C@@]1(C)[C@@H](C(=O)Nc3ccc(C)cc3C)[C@@H]2NC(=S)N1Cc1ccc2c(c1)OCO2. The zero-order valence-corrected chi connectivity index (χ0v) is 23.2. The molecule has 9 heteroatoms. The lowest BCUT2D eigenvalue weighted by molar-refractivity contribution is -0.151. The molecule has 3 heterocycles. The van der Waals surface area contributed by atoms with E-state index in [4.69, 9.17) is 31.2 Å². The van der Waals surface area contributed by atoms with Crippen molar-refractivity contribution in [3.63, 3.8) is 0 Å². The van der Waals surface area contributed by atoms with Crippen LogP contribution in [0.1, 0.15) is 42.1 Å². The zero-order chi connectivity index (χ0) is 27.3. The second-order valence-electron chi connectivity index (χ2n) is 10.3. The number of thiocarbonyl (C=S) groups is 1. The zero-order valence-electron chi connectivity index (χ0n) is 22.4. The molecule has 0 aromatic heterocycles. The average Bonchev–Trinajstić information content (AvgIpc) is 3.37. The minimum atomic E-state index is -1.12. The Balaban J connectivity index is 1.42. The number of rotatable bonds is 6. The maximum atomic E-state index is 14.1. The molecule has 0 radical (unpaired) electrons. The number of ether oxygens (including phenoxy) is 4. The molecule has 3 aliphatic heterocycles. The molecule has 3 aromatic carbocycles. The van der Waals surface area contributed by atoms with Crippen LogP contribution in [0.5, 0.6) is 23.0 Å². The van der Waals surface area contributed by atoms with Gasteiger partial charge < -0.3 is 34.5 Å². The van der Waals surface area contributed by atoms with E-state index in [-0.39, 0.29) is 12.7 Å². The van der Waals surface area contributed by atoms with Gasteiger partial charge in [-0.3, -0.25) is 4.79 Å². The molecular formula is C30H31N3O5S. The molecule has 39 heavy (non-hydrogen) atoms. The molecule has 1 fully saturated rings. The van der Waals surface area contributed by atoms with Crippen LogP contribution in [-0.4, -0.2) is 35.0 Å². The van der Waals surface area contributed by atoms with Crippen molar-refractivity contribution in [3.05, 3.63) is 76.9 Å². The molecule has 0 unspecified atom stereocenters. The fraction of sp³-hybridized carbons (Fsp3) is 0.333. The van der Waals surface area contributed by atoms with Crippen LogP contribution in [0, 0.1) is 19.8 Å². The molecule has 8 nitrogen and oxygen atoms in total. The van der Waals surface area contributed by atoms with Crippen molar-refractivity contribution in [1.82, 2.24) is 10.2 Å². The minimum absolute atomic E-state index is 0.160. The van der Waals surface area contributed by atoms with Gasteiger partial charge in [0.25, 0.3) is 0 Å². The van der Waals surface area contributed by atoms with Crippen molar-refractivity contribution < 1.29 is 23.7 Å². The number of nitrogens with zero attached hydrogens (tertiary/aromatic N) is 1.